The van der Waals surface area contributed by atoms with Crippen LogP contribution in [0.2, 0.25) is 0 Å². The lowest BCUT2D eigenvalue weighted by atomic mass is 9.82. The highest BCUT2D eigenvalue weighted by Gasteiger charge is 2.60. The minimum atomic E-state index is -1.98. The molecule has 16 atom stereocenters. The molecular weight excluding hydrogens is 998 g/mol. The van der Waals surface area contributed by atoms with Crippen LogP contribution in [0.3, 0.4) is 0 Å². The van der Waals surface area contributed by atoms with E-state index in [9.17, 15) is 68.3 Å². The van der Waals surface area contributed by atoms with Crippen LogP contribution in [0.25, 0.3) is 0 Å². The topological polar surface area (TPSA) is 423 Å². The number of amides is 6. The summed E-state index contributed by atoms with van der Waals surface area (Å²) in [4.78, 5) is 114. The number of aliphatic carboxylic acids is 1. The minimum Gasteiger partial charge on any atom is -0.480 e. The van der Waals surface area contributed by atoms with E-state index in [0.29, 0.717) is 0 Å². The largest absolute Gasteiger partial charge is 0.480 e. The van der Waals surface area contributed by atoms with Crippen LogP contribution in [-0.4, -0.2) is 183 Å². The molecule has 75 heavy (non-hydrogen) atoms. The summed E-state index contributed by atoms with van der Waals surface area (Å²) in [7, 11) is 1.22. The lowest BCUT2D eigenvalue weighted by molar-refractivity contribution is -0.236. The summed E-state index contributed by atoms with van der Waals surface area (Å²) < 4.78 is 38.9. The molecule has 15 N–H and O–H groups in total. The van der Waals surface area contributed by atoms with Gasteiger partial charge in [0, 0.05) is 39.0 Å². The van der Waals surface area contributed by atoms with E-state index in [1.807, 2.05) is 4.98 Å². The Morgan fingerprint density at radius 1 is 0.920 bits per heavy atom. The van der Waals surface area contributed by atoms with E-state index in [-0.39, 0.29) is 50.5 Å². The number of nitrogens with zero attached hydrogens (tertiary/aromatic N) is 3. The van der Waals surface area contributed by atoms with Gasteiger partial charge < -0.3 is 82.5 Å². The third-order valence-corrected chi connectivity index (χ3v) is 13.6. The van der Waals surface area contributed by atoms with Crippen molar-refractivity contribution >= 4 is 47.3 Å². The first-order valence-electron chi connectivity index (χ1n) is 24.3. The molecule has 3 fully saturated rings. The highest BCUT2D eigenvalue weighted by molar-refractivity contribution is 6.22. The van der Waals surface area contributed by atoms with Gasteiger partial charge in [0.25, 0.3) is 5.56 Å². The fourth-order valence-corrected chi connectivity index (χ4v) is 9.51. The number of ether oxygens (including phenoxy) is 4. The van der Waals surface area contributed by atoms with Crippen LogP contribution < -0.4 is 54.2 Å². The summed E-state index contributed by atoms with van der Waals surface area (Å²) in [5, 5.41) is 67.7. The molecule has 3 saturated heterocycles. The second-order valence-electron chi connectivity index (χ2n) is 19.3. The van der Waals surface area contributed by atoms with Gasteiger partial charge in [0.05, 0.1) is 29.7 Å². The average molecular weight is 1060 g/mol. The van der Waals surface area contributed by atoms with Gasteiger partial charge in [0.1, 0.15) is 66.7 Å². The average Bonchev–Trinajstić information content (AvgIpc) is 3.92. The number of aliphatic imine (C=N–C) groups is 1. The van der Waals surface area contributed by atoms with Crippen molar-refractivity contribution in [1.82, 2.24) is 36.1 Å². The van der Waals surface area contributed by atoms with Crippen LogP contribution in [-0.2, 0) is 42.9 Å². The lowest BCUT2D eigenvalue weighted by Crippen LogP contribution is -2.66. The Morgan fingerprint density at radius 2 is 1.61 bits per heavy atom. The molecule has 0 spiro atoms. The van der Waals surface area contributed by atoms with Crippen molar-refractivity contribution in [3.8, 4) is 0 Å². The maximum absolute atomic E-state index is 14.9. The number of aromatic nitrogens is 2. The number of aliphatic hydroxyl groups is 4. The summed E-state index contributed by atoms with van der Waals surface area (Å²) in [6.45, 7) is 5.88. The van der Waals surface area contributed by atoms with Crippen LogP contribution >= 0.6 is 0 Å². The Bertz CT molecular complexity index is 2530. The number of carboxylic acids is 1. The zero-order chi connectivity index (χ0) is 55.2. The second kappa shape index (κ2) is 24.9. The third-order valence-electron chi connectivity index (χ3n) is 13.6. The zero-order valence-electron chi connectivity index (χ0n) is 41.6. The zero-order valence-corrected chi connectivity index (χ0v) is 41.6. The van der Waals surface area contributed by atoms with Gasteiger partial charge in [-0.2, -0.15) is 0 Å². The molecule has 0 saturated carbocycles. The number of rotatable bonds is 22. The Labute approximate surface area is 427 Å². The number of hydrogen-bond donors (Lipinski definition) is 13. The molecule has 0 radical (unpaired) electrons. The third kappa shape index (κ3) is 13.0. The van der Waals surface area contributed by atoms with Gasteiger partial charge in [-0.3, -0.25) is 38.5 Å². The number of halogens is 1. The first-order chi connectivity index (χ1) is 35.5. The number of carboxylic acid groups (broad SMARTS) is 1. The maximum atomic E-state index is 14.9. The van der Waals surface area contributed by atoms with Crippen molar-refractivity contribution in [3.05, 3.63) is 63.2 Å². The predicted molar refractivity (Wildman–Crippen MR) is 257 cm³/mol. The summed E-state index contributed by atoms with van der Waals surface area (Å²) >= 11 is 0. The van der Waals surface area contributed by atoms with Gasteiger partial charge in [-0.05, 0) is 55.4 Å². The molecule has 8 unspecified atom stereocenters. The van der Waals surface area contributed by atoms with Crippen molar-refractivity contribution in [2.45, 2.75) is 132 Å². The number of aromatic amines is 1. The number of methoxy groups -OCH3 is 1. The summed E-state index contributed by atoms with van der Waals surface area (Å²) in [6, 6.07) is -1.19. The highest BCUT2D eigenvalue weighted by Crippen LogP contribution is 2.43. The monoisotopic (exact) mass is 1060 g/mol. The molecule has 29 heteroatoms. The number of imide groups is 1. The lowest BCUT2D eigenvalue weighted by Gasteiger charge is -2.34. The number of carbonyl (C=O) groups is 6. The van der Waals surface area contributed by atoms with E-state index in [1.54, 1.807) is 27.7 Å². The molecule has 6 rings (SSSR count). The maximum Gasteiger partial charge on any atom is 0.330 e. The molecule has 0 bridgehead atoms. The predicted octanol–water partition coefficient (Wildman–Crippen LogP) is -4.60. The number of H-pyrrole nitrogens is 1. The SMILES string of the molecule is CO[C@H]1[C@H](OC(C2C(=O)N(c3ccc(F)cc3)C(=O)C2CCCNC(=O)C(NC(=O)C(NC(=O)NC(C(=O)O)C(C)C)C2CCN=C(N)N2)C(O)C(C)C)[C@H]2O[C@@H](n3ccc(=O)[nH]c3=O)[C@H](O)[C@@H]2O)O[C@H](CN)[C@H]1O. The summed E-state index contributed by atoms with van der Waals surface area (Å²) in [5.41, 5.74) is 9.83. The number of guanidine groups is 1. The fourth-order valence-electron chi connectivity index (χ4n) is 9.51. The van der Waals surface area contributed by atoms with Crippen molar-refractivity contribution < 1.29 is 77.6 Å². The van der Waals surface area contributed by atoms with Gasteiger partial charge >= 0.3 is 17.7 Å². The quantitative estimate of drug-likeness (QED) is 0.0390. The number of carbonyl (C=O) groups excluding carboxylic acids is 5. The Kier molecular flexibility index (Phi) is 19.2. The van der Waals surface area contributed by atoms with Crippen molar-refractivity contribution in [1.29, 1.82) is 0 Å². The first-order valence-corrected chi connectivity index (χ1v) is 24.3. The standard InChI is InChI=1S/C46H66FN11O17/c1-18(2)27(42(68)69)55-45(70)56-28(23-12-15-51-44(49)52-23)38(65)54-29(30(60)19(3)4)37(64)50-14-6-7-22-26(40(67)58(39(22)66)21-10-8-20(47)9-11-21)34(75-43-36(72-5)31(61)24(17-48)73-43)35-32(62)33(63)41(74-35)57-16-13-25(59)53-46(57)71/h8-11,13,16,18-19,22-24,26-36,41,43,60-63H,6-7,12,14-15,17,48H2,1-5H3,(H,50,64)(H,54,65)(H,68,69)(H3,49,51,52)(H,53,59,71)(H2,55,56,70)/t22?,23?,24-,26?,27?,28?,29?,30?,31-,32+,33-,34?,35+,36-,41-,43+/m1/s1. The van der Waals surface area contributed by atoms with Crippen LogP contribution in [0.15, 0.2) is 51.1 Å². The van der Waals surface area contributed by atoms with Gasteiger partial charge in [-0.25, -0.2) is 23.7 Å². The molecule has 28 nitrogen and oxygen atoms in total. The van der Waals surface area contributed by atoms with Crippen molar-refractivity contribution in [2.24, 2.45) is 40.1 Å². The van der Waals surface area contributed by atoms with Crippen molar-refractivity contribution in [3.63, 3.8) is 0 Å². The molecule has 414 valence electrons. The summed E-state index contributed by atoms with van der Waals surface area (Å²) in [5.74, 6) is -10.1. The Morgan fingerprint density at radius 3 is 2.21 bits per heavy atom. The molecule has 4 aliphatic heterocycles. The smallest absolute Gasteiger partial charge is 0.330 e. The molecule has 2 aromatic rings. The van der Waals surface area contributed by atoms with Gasteiger partial charge in [0.2, 0.25) is 23.6 Å². The van der Waals surface area contributed by atoms with E-state index in [0.717, 1.165) is 33.9 Å². The van der Waals surface area contributed by atoms with Crippen LogP contribution in [0, 0.1) is 29.5 Å². The van der Waals surface area contributed by atoms with E-state index in [4.69, 9.17) is 30.4 Å². The van der Waals surface area contributed by atoms with Gasteiger partial charge in [0.15, 0.2) is 18.5 Å². The Balaban J connectivity index is 1.28. The molecule has 6 amide bonds. The molecule has 1 aromatic heterocycles. The number of nitrogens with one attached hydrogen (secondary N) is 6. The second-order valence-corrected chi connectivity index (χ2v) is 19.3. The number of hydrogen-bond acceptors (Lipinski definition) is 20. The number of benzene rings is 1. The molecule has 0 aliphatic carbocycles. The van der Waals surface area contributed by atoms with Gasteiger partial charge in [-0.15, -0.1) is 0 Å². The van der Waals surface area contributed by atoms with E-state index < -0.39 is 162 Å². The molecular formula is C46H66FN11O17. The number of anilines is 1. The minimum absolute atomic E-state index is 0.0572. The highest BCUT2D eigenvalue weighted by atomic mass is 19.1. The molecule has 5 heterocycles. The number of urea groups is 1. The number of nitrogens with two attached hydrogens (primary N) is 2. The van der Waals surface area contributed by atoms with E-state index in [2.05, 4.69) is 31.6 Å². The first kappa shape index (κ1) is 57.8. The van der Waals surface area contributed by atoms with Crippen LogP contribution in [0.1, 0.15) is 53.2 Å². The van der Waals surface area contributed by atoms with Crippen LogP contribution in [0.5, 0.6) is 0 Å². The van der Waals surface area contributed by atoms with Crippen molar-refractivity contribution in [2.75, 3.05) is 31.6 Å². The van der Waals surface area contributed by atoms with Crippen LogP contribution in [0.4, 0.5) is 14.9 Å². The fraction of sp³-hybridized carbons (Fsp3) is 0.630. The molecule has 4 aliphatic rings. The number of aliphatic hydroxyl groups excluding tert-OH is 4. The van der Waals surface area contributed by atoms with E-state index in [1.165, 1.54) is 19.2 Å². The van der Waals surface area contributed by atoms with E-state index >= 15 is 0 Å². The Hall–Kier alpha value is -6.44. The normalized spacial score (nSPS) is 28.8. The van der Waals surface area contributed by atoms with Gasteiger partial charge in [-0.1, -0.05) is 27.7 Å². The molecule has 1 aromatic carbocycles. The summed E-state index contributed by atoms with van der Waals surface area (Å²) in [6.07, 6.45) is -15.3.